The molecule has 1 aromatic carbocycles. The van der Waals surface area contributed by atoms with E-state index in [9.17, 15) is 10.1 Å². The molecule has 6 nitrogen and oxygen atoms in total. The minimum absolute atomic E-state index is 0.0112. The van der Waals surface area contributed by atoms with Gasteiger partial charge in [-0.1, -0.05) is 0 Å². The van der Waals surface area contributed by atoms with E-state index in [0.29, 0.717) is 12.3 Å². The van der Waals surface area contributed by atoms with Crippen molar-refractivity contribution in [1.29, 1.82) is 5.26 Å². The zero-order valence-corrected chi connectivity index (χ0v) is 14.6. The van der Waals surface area contributed by atoms with Crippen LogP contribution in [0.3, 0.4) is 0 Å². The van der Waals surface area contributed by atoms with Crippen LogP contribution in [0.25, 0.3) is 0 Å². The molecule has 0 aromatic heterocycles. The lowest BCUT2D eigenvalue weighted by Gasteiger charge is -2.23. The van der Waals surface area contributed by atoms with Gasteiger partial charge in [-0.3, -0.25) is 10.1 Å². The fraction of sp³-hybridized carbons (Fsp3) is 0.529. The smallest absolute Gasteiger partial charge is 0.241 e. The van der Waals surface area contributed by atoms with Gasteiger partial charge in [-0.2, -0.15) is 5.26 Å². The number of carbonyl (C=O) groups is 1. The summed E-state index contributed by atoms with van der Waals surface area (Å²) in [6, 6.07) is 7.38. The van der Waals surface area contributed by atoms with E-state index in [1.54, 1.807) is 30.9 Å². The number of hydrogen-bond donors (Lipinski definition) is 1. The van der Waals surface area contributed by atoms with Gasteiger partial charge in [0.15, 0.2) is 0 Å². The van der Waals surface area contributed by atoms with Gasteiger partial charge < -0.3 is 14.4 Å². The Morgan fingerprint density at radius 2 is 2.25 bits per heavy atom. The number of likely N-dealkylation sites (tertiary alicyclic amines) is 1. The molecule has 2 aliphatic heterocycles. The van der Waals surface area contributed by atoms with Crippen molar-refractivity contribution in [3.05, 3.63) is 23.8 Å². The van der Waals surface area contributed by atoms with E-state index >= 15 is 0 Å². The highest BCUT2D eigenvalue weighted by Crippen LogP contribution is 2.39. The van der Waals surface area contributed by atoms with Crippen molar-refractivity contribution >= 4 is 17.7 Å². The van der Waals surface area contributed by atoms with Gasteiger partial charge in [0.1, 0.15) is 17.5 Å². The van der Waals surface area contributed by atoms with E-state index in [-0.39, 0.29) is 23.4 Å². The summed E-state index contributed by atoms with van der Waals surface area (Å²) in [5.74, 6) is 2.19. The maximum atomic E-state index is 12.7. The summed E-state index contributed by atoms with van der Waals surface area (Å²) in [5, 5.41) is 12.5. The molecule has 0 spiro atoms. The van der Waals surface area contributed by atoms with Gasteiger partial charge in [0.25, 0.3) is 0 Å². The Kier molecular flexibility index (Phi) is 5.17. The normalized spacial score (nSPS) is 26.2. The van der Waals surface area contributed by atoms with Gasteiger partial charge in [-0.15, -0.1) is 11.8 Å². The van der Waals surface area contributed by atoms with Gasteiger partial charge in [0.05, 0.1) is 31.7 Å². The number of benzene rings is 1. The Morgan fingerprint density at radius 1 is 1.42 bits per heavy atom. The highest BCUT2D eigenvalue weighted by atomic mass is 32.2. The molecule has 7 heteroatoms. The van der Waals surface area contributed by atoms with Gasteiger partial charge >= 0.3 is 0 Å². The number of nitrogens with zero attached hydrogens (tertiary/aromatic N) is 2. The maximum absolute atomic E-state index is 12.7. The van der Waals surface area contributed by atoms with Crippen LogP contribution in [0.5, 0.6) is 11.5 Å². The van der Waals surface area contributed by atoms with E-state index in [2.05, 4.69) is 11.4 Å². The molecule has 1 unspecified atom stereocenters. The quantitative estimate of drug-likeness (QED) is 0.897. The van der Waals surface area contributed by atoms with Crippen molar-refractivity contribution in [2.45, 2.75) is 30.3 Å². The van der Waals surface area contributed by atoms with Crippen LogP contribution in [0.4, 0.5) is 0 Å². The predicted molar refractivity (Wildman–Crippen MR) is 92.0 cm³/mol. The fourth-order valence-electron chi connectivity index (χ4n) is 3.19. The summed E-state index contributed by atoms with van der Waals surface area (Å²) in [6.45, 7) is 0.677. The van der Waals surface area contributed by atoms with Crippen LogP contribution >= 0.6 is 11.8 Å². The summed E-state index contributed by atoms with van der Waals surface area (Å²) in [6.07, 6.45) is 1.68. The Hall–Kier alpha value is -1.91. The van der Waals surface area contributed by atoms with Crippen molar-refractivity contribution in [2.24, 2.45) is 0 Å². The lowest BCUT2D eigenvalue weighted by atomic mass is 10.1. The first-order valence-electron chi connectivity index (χ1n) is 7.97. The van der Waals surface area contributed by atoms with Crippen molar-refractivity contribution < 1.29 is 14.3 Å². The molecule has 2 fully saturated rings. The second-order valence-corrected chi connectivity index (χ2v) is 7.00. The van der Waals surface area contributed by atoms with Crippen molar-refractivity contribution in [3.8, 4) is 17.6 Å². The first-order chi connectivity index (χ1) is 11.7. The van der Waals surface area contributed by atoms with E-state index in [1.165, 1.54) is 0 Å². The predicted octanol–water partition coefficient (Wildman–Crippen LogP) is 1.92. The molecule has 3 atom stereocenters. The number of rotatable bonds is 4. The van der Waals surface area contributed by atoms with Crippen LogP contribution in [-0.2, 0) is 4.79 Å². The molecule has 2 aliphatic rings. The van der Waals surface area contributed by atoms with Crippen LogP contribution in [0.15, 0.2) is 18.2 Å². The minimum atomic E-state index is -0.279. The number of thioether (sulfide) groups is 1. The molecular formula is C17H21N3O3S. The SMILES string of the molecule is COc1ccc(C2N[C@H](C(=O)N3CCC[C@H]3C#N)CS2)c(OC)c1. The van der Waals surface area contributed by atoms with Crippen molar-refractivity contribution in [3.63, 3.8) is 0 Å². The molecule has 2 heterocycles. The Bertz CT molecular complexity index is 661. The first-order valence-corrected chi connectivity index (χ1v) is 9.02. The zero-order valence-electron chi connectivity index (χ0n) is 13.8. The molecule has 0 aliphatic carbocycles. The summed E-state index contributed by atoms with van der Waals surface area (Å²) < 4.78 is 10.7. The standard InChI is InChI=1S/C17H21N3O3S/c1-22-12-5-6-13(15(8-12)23-2)16-19-14(10-24-16)17(21)20-7-3-4-11(20)9-18/h5-6,8,11,14,16,19H,3-4,7,10H2,1-2H3/t11-,14-,16?/m0/s1. The maximum Gasteiger partial charge on any atom is 0.241 e. The van der Waals surface area contributed by atoms with E-state index in [0.717, 1.165) is 29.9 Å². The number of nitrogens with one attached hydrogen (secondary N) is 1. The number of nitriles is 1. The number of amides is 1. The van der Waals surface area contributed by atoms with Crippen LogP contribution in [0.1, 0.15) is 23.8 Å². The van der Waals surface area contributed by atoms with Crippen LogP contribution < -0.4 is 14.8 Å². The number of carbonyl (C=O) groups excluding carboxylic acids is 1. The molecule has 1 amide bonds. The third-order valence-corrected chi connectivity index (χ3v) is 5.74. The zero-order chi connectivity index (χ0) is 17.1. The van der Waals surface area contributed by atoms with Crippen molar-refractivity contribution in [1.82, 2.24) is 10.2 Å². The largest absolute Gasteiger partial charge is 0.497 e. The molecule has 1 aromatic rings. The van der Waals surface area contributed by atoms with Gasteiger partial charge in [-0.25, -0.2) is 0 Å². The monoisotopic (exact) mass is 347 g/mol. The van der Waals surface area contributed by atoms with Crippen molar-refractivity contribution in [2.75, 3.05) is 26.5 Å². The second-order valence-electron chi connectivity index (χ2n) is 5.86. The van der Waals surface area contributed by atoms with Gasteiger partial charge in [0, 0.05) is 23.9 Å². The lowest BCUT2D eigenvalue weighted by molar-refractivity contribution is -0.132. The van der Waals surface area contributed by atoms with Crippen LogP contribution in [0, 0.1) is 11.3 Å². The average molecular weight is 347 g/mol. The molecule has 128 valence electrons. The highest BCUT2D eigenvalue weighted by molar-refractivity contribution is 7.99. The summed E-state index contributed by atoms with van der Waals surface area (Å²) in [5.41, 5.74) is 0.997. The summed E-state index contributed by atoms with van der Waals surface area (Å²) in [7, 11) is 3.25. The second kappa shape index (κ2) is 7.32. The fourth-order valence-corrected chi connectivity index (χ4v) is 4.45. The van der Waals surface area contributed by atoms with E-state index in [4.69, 9.17) is 9.47 Å². The number of hydrogen-bond acceptors (Lipinski definition) is 6. The number of methoxy groups -OCH3 is 2. The molecular weight excluding hydrogens is 326 g/mol. The average Bonchev–Trinajstić information content (AvgIpc) is 3.29. The first kappa shape index (κ1) is 16.9. The summed E-state index contributed by atoms with van der Waals surface area (Å²) >= 11 is 1.68. The summed E-state index contributed by atoms with van der Waals surface area (Å²) in [4.78, 5) is 14.4. The van der Waals surface area contributed by atoms with Gasteiger partial charge in [0.2, 0.25) is 5.91 Å². The molecule has 24 heavy (non-hydrogen) atoms. The molecule has 3 rings (SSSR count). The minimum Gasteiger partial charge on any atom is -0.497 e. The molecule has 2 saturated heterocycles. The van der Waals surface area contributed by atoms with Crippen LogP contribution in [0.2, 0.25) is 0 Å². The molecule has 1 N–H and O–H groups in total. The van der Waals surface area contributed by atoms with Gasteiger partial charge in [-0.05, 0) is 25.0 Å². The number of ether oxygens (including phenoxy) is 2. The Labute approximate surface area is 146 Å². The third kappa shape index (κ3) is 3.17. The van der Waals surface area contributed by atoms with E-state index in [1.807, 2.05) is 18.2 Å². The molecule has 0 bridgehead atoms. The van der Waals surface area contributed by atoms with E-state index < -0.39 is 0 Å². The lowest BCUT2D eigenvalue weighted by Crippen LogP contribution is -2.46. The van der Waals surface area contributed by atoms with Crippen LogP contribution in [-0.4, -0.2) is 49.4 Å². The highest BCUT2D eigenvalue weighted by Gasteiger charge is 2.38. The Balaban J connectivity index is 1.71. The molecule has 0 radical (unpaired) electrons. The molecule has 0 saturated carbocycles. The Morgan fingerprint density at radius 3 is 2.96 bits per heavy atom. The topological polar surface area (TPSA) is 74.6 Å². The third-order valence-electron chi connectivity index (χ3n) is 4.49.